The van der Waals surface area contributed by atoms with E-state index in [2.05, 4.69) is 10.3 Å². The molecular weight excluding hydrogens is 321 g/mol. The molecule has 1 heterocycles. The summed E-state index contributed by atoms with van der Waals surface area (Å²) in [4.78, 5) is 29.4. The zero-order valence-corrected chi connectivity index (χ0v) is 14.2. The summed E-state index contributed by atoms with van der Waals surface area (Å²) in [5.41, 5.74) is 2.03. The molecule has 1 N–H and O–H groups in total. The number of hydrogen-bond acceptors (Lipinski definition) is 3. The molecule has 0 aliphatic rings. The van der Waals surface area contributed by atoms with Crippen molar-refractivity contribution in [1.82, 2.24) is 15.2 Å². The van der Waals surface area contributed by atoms with E-state index in [1.54, 1.807) is 36.5 Å². The van der Waals surface area contributed by atoms with Crippen molar-refractivity contribution in [1.29, 1.82) is 0 Å². The lowest BCUT2D eigenvalue weighted by Gasteiger charge is -2.17. The average Bonchev–Trinajstić information content (AvgIpc) is 2.62. The first kappa shape index (κ1) is 18.6. The minimum Gasteiger partial charge on any atom is -0.355 e. The van der Waals surface area contributed by atoms with Crippen LogP contribution in [0, 0.1) is 5.82 Å². The van der Waals surface area contributed by atoms with Gasteiger partial charge in [0.05, 0.1) is 0 Å². The van der Waals surface area contributed by atoms with Gasteiger partial charge in [-0.2, -0.15) is 0 Å². The molecule has 2 aromatic rings. The quantitative estimate of drug-likeness (QED) is 0.746. The monoisotopic (exact) mass is 343 g/mol. The molecule has 1 aromatic carbocycles. The van der Waals surface area contributed by atoms with Crippen LogP contribution in [0.2, 0.25) is 0 Å². The summed E-state index contributed by atoms with van der Waals surface area (Å²) >= 11 is 0. The van der Waals surface area contributed by atoms with Gasteiger partial charge in [-0.15, -0.1) is 0 Å². The van der Waals surface area contributed by atoms with E-state index in [1.807, 2.05) is 12.1 Å². The van der Waals surface area contributed by atoms with Gasteiger partial charge in [-0.3, -0.25) is 14.6 Å². The normalized spacial score (nSPS) is 10.3. The van der Waals surface area contributed by atoms with Crippen LogP contribution < -0.4 is 5.32 Å². The third kappa shape index (κ3) is 6.71. The first-order valence-corrected chi connectivity index (χ1v) is 8.18. The average molecular weight is 343 g/mol. The highest BCUT2D eigenvalue weighted by Gasteiger charge is 2.13. The molecule has 0 saturated heterocycles. The van der Waals surface area contributed by atoms with Gasteiger partial charge in [0, 0.05) is 32.5 Å². The molecule has 2 rings (SSSR count). The third-order valence-corrected chi connectivity index (χ3v) is 3.87. The second-order valence-electron chi connectivity index (χ2n) is 5.82. The Morgan fingerprint density at radius 1 is 1.04 bits per heavy atom. The molecule has 132 valence electrons. The Balaban J connectivity index is 1.66. The van der Waals surface area contributed by atoms with Crippen LogP contribution in [0.3, 0.4) is 0 Å². The van der Waals surface area contributed by atoms with E-state index >= 15 is 0 Å². The highest BCUT2D eigenvalue weighted by atomic mass is 19.1. The Labute approximate surface area is 146 Å². The maximum atomic E-state index is 12.8. The largest absolute Gasteiger partial charge is 0.355 e. The van der Waals surface area contributed by atoms with Crippen LogP contribution in [0.25, 0.3) is 0 Å². The summed E-state index contributed by atoms with van der Waals surface area (Å²) in [6, 6.07) is 9.94. The van der Waals surface area contributed by atoms with Gasteiger partial charge >= 0.3 is 0 Å². The maximum Gasteiger partial charge on any atom is 0.231 e. The molecule has 25 heavy (non-hydrogen) atoms. The summed E-state index contributed by atoms with van der Waals surface area (Å²) in [7, 11) is 1.69. The minimum absolute atomic E-state index is 0.170. The van der Waals surface area contributed by atoms with Crippen LogP contribution in [-0.4, -0.2) is 41.8 Å². The van der Waals surface area contributed by atoms with Crippen LogP contribution in [0.5, 0.6) is 0 Å². The van der Waals surface area contributed by atoms with Crippen LogP contribution in [0.1, 0.15) is 17.5 Å². The van der Waals surface area contributed by atoms with E-state index in [4.69, 9.17) is 0 Å². The first-order valence-electron chi connectivity index (χ1n) is 8.18. The molecule has 1 aromatic heterocycles. The number of pyridine rings is 1. The summed E-state index contributed by atoms with van der Waals surface area (Å²) in [5.74, 6) is -0.801. The fraction of sp³-hybridized carbons (Fsp3) is 0.316. The van der Waals surface area contributed by atoms with Crippen LogP contribution >= 0.6 is 0 Å². The van der Waals surface area contributed by atoms with Crippen molar-refractivity contribution in [2.45, 2.75) is 19.3 Å². The van der Waals surface area contributed by atoms with Crippen molar-refractivity contribution >= 4 is 11.8 Å². The number of amides is 2. The molecule has 0 radical (unpaired) electrons. The predicted molar refractivity (Wildman–Crippen MR) is 93.3 cm³/mol. The summed E-state index contributed by atoms with van der Waals surface area (Å²) in [6.07, 6.45) is 4.57. The van der Waals surface area contributed by atoms with Gasteiger partial charge in [0.2, 0.25) is 11.8 Å². The van der Waals surface area contributed by atoms with Crippen molar-refractivity contribution in [3.8, 4) is 0 Å². The summed E-state index contributed by atoms with van der Waals surface area (Å²) in [5, 5.41) is 2.72. The van der Waals surface area contributed by atoms with E-state index in [0.29, 0.717) is 19.5 Å². The van der Waals surface area contributed by atoms with Crippen molar-refractivity contribution in [3.05, 3.63) is 65.7 Å². The molecule has 0 aliphatic heterocycles. The Kier molecular flexibility index (Phi) is 7.07. The predicted octanol–water partition coefficient (Wildman–Crippen LogP) is 1.97. The molecule has 0 unspecified atom stereocenters. The van der Waals surface area contributed by atoms with Gasteiger partial charge in [-0.05, 0) is 48.2 Å². The number of carbonyl (C=O) groups excluding carboxylic acids is 2. The van der Waals surface area contributed by atoms with Gasteiger partial charge in [0.1, 0.15) is 12.2 Å². The van der Waals surface area contributed by atoms with Gasteiger partial charge in [-0.25, -0.2) is 4.39 Å². The molecule has 0 bridgehead atoms. The molecule has 6 heteroatoms. The van der Waals surface area contributed by atoms with E-state index in [9.17, 15) is 14.0 Å². The number of likely N-dealkylation sites (N-methyl/N-ethyl adjacent to an activating group) is 1. The second kappa shape index (κ2) is 9.52. The Hall–Kier alpha value is -2.76. The number of benzene rings is 1. The lowest BCUT2D eigenvalue weighted by atomic mass is 10.1. The highest BCUT2D eigenvalue weighted by molar-refractivity contribution is 5.96. The number of aromatic nitrogens is 1. The second-order valence-corrected chi connectivity index (χ2v) is 5.82. The van der Waals surface area contributed by atoms with E-state index in [1.165, 1.54) is 12.1 Å². The van der Waals surface area contributed by atoms with Gasteiger partial charge in [0.25, 0.3) is 0 Å². The van der Waals surface area contributed by atoms with Gasteiger partial charge in [-0.1, -0.05) is 12.1 Å². The third-order valence-electron chi connectivity index (χ3n) is 3.87. The zero-order valence-electron chi connectivity index (χ0n) is 14.2. The fourth-order valence-corrected chi connectivity index (χ4v) is 2.30. The van der Waals surface area contributed by atoms with Crippen LogP contribution in [0.15, 0.2) is 48.8 Å². The van der Waals surface area contributed by atoms with Crippen molar-refractivity contribution in [2.24, 2.45) is 0 Å². The van der Waals surface area contributed by atoms with Crippen molar-refractivity contribution < 1.29 is 14.0 Å². The number of hydrogen-bond donors (Lipinski definition) is 1. The van der Waals surface area contributed by atoms with Crippen LogP contribution in [0.4, 0.5) is 4.39 Å². The Morgan fingerprint density at radius 3 is 2.36 bits per heavy atom. The van der Waals surface area contributed by atoms with Crippen molar-refractivity contribution in [2.75, 3.05) is 20.1 Å². The van der Waals surface area contributed by atoms with Crippen LogP contribution in [-0.2, 0) is 22.4 Å². The van der Waals surface area contributed by atoms with E-state index < -0.39 is 0 Å². The molecule has 0 atom stereocenters. The Morgan fingerprint density at radius 2 is 1.68 bits per heavy atom. The Bertz CT molecular complexity index is 690. The molecule has 0 aliphatic carbocycles. The standard InChI is InChI=1S/C19H22FN3O2/c1-23(13-9-16-6-10-21-11-7-16)19(25)14-18(24)22-12-8-15-2-4-17(20)5-3-15/h2-7,10-11H,8-9,12-14H2,1H3,(H,22,24). The van der Waals surface area contributed by atoms with Crippen molar-refractivity contribution in [3.63, 3.8) is 0 Å². The number of halogens is 1. The zero-order chi connectivity index (χ0) is 18.1. The smallest absolute Gasteiger partial charge is 0.231 e. The number of nitrogens with zero attached hydrogens (tertiary/aromatic N) is 2. The van der Waals surface area contributed by atoms with E-state index in [0.717, 1.165) is 17.5 Å². The highest BCUT2D eigenvalue weighted by Crippen LogP contribution is 2.03. The number of rotatable bonds is 8. The first-order chi connectivity index (χ1) is 12.0. The molecule has 0 saturated carbocycles. The topological polar surface area (TPSA) is 62.3 Å². The summed E-state index contributed by atoms with van der Waals surface area (Å²) < 4.78 is 12.8. The molecule has 2 amide bonds. The van der Waals surface area contributed by atoms with Gasteiger partial charge in [0.15, 0.2) is 0 Å². The van der Waals surface area contributed by atoms with E-state index in [-0.39, 0.29) is 24.1 Å². The maximum absolute atomic E-state index is 12.8. The number of carbonyl (C=O) groups is 2. The molecule has 0 fully saturated rings. The fourth-order valence-electron chi connectivity index (χ4n) is 2.30. The lowest BCUT2D eigenvalue weighted by Crippen LogP contribution is -2.35. The summed E-state index contributed by atoms with van der Waals surface area (Å²) in [6.45, 7) is 0.962. The molecule has 0 spiro atoms. The molecular formula is C19H22FN3O2. The minimum atomic E-state index is -0.303. The number of nitrogens with one attached hydrogen (secondary N) is 1. The SMILES string of the molecule is CN(CCc1ccncc1)C(=O)CC(=O)NCCc1ccc(F)cc1. The molecule has 5 nitrogen and oxygen atoms in total. The van der Waals surface area contributed by atoms with Gasteiger partial charge < -0.3 is 10.2 Å². The lowest BCUT2D eigenvalue weighted by molar-refractivity contribution is -0.135.